The van der Waals surface area contributed by atoms with Crippen molar-refractivity contribution in [1.82, 2.24) is 0 Å². The maximum atomic E-state index is 15.4. The molecule has 0 aliphatic heterocycles. The minimum Gasteiger partial charge on any atom is -0.380 e. The van der Waals surface area contributed by atoms with Crippen molar-refractivity contribution in [2.45, 2.75) is 127 Å². The minimum absolute atomic E-state index is 0.0611. The molecule has 0 saturated heterocycles. The maximum absolute atomic E-state index is 15.4. The predicted molar refractivity (Wildman–Crippen MR) is 128 cm³/mol. The first-order valence-electron chi connectivity index (χ1n) is 12.2. The summed E-state index contributed by atoms with van der Waals surface area (Å²) in [6, 6.07) is 0. The zero-order chi connectivity index (χ0) is 27.2. The van der Waals surface area contributed by atoms with Crippen molar-refractivity contribution in [3.63, 3.8) is 0 Å². The molecule has 0 aliphatic rings. The molecule has 202 valence electrons. The quantitative estimate of drug-likeness (QED) is 0.269. The minimum atomic E-state index is -5.02. The van der Waals surface area contributed by atoms with Crippen LogP contribution in [0.3, 0.4) is 0 Å². The van der Waals surface area contributed by atoms with Gasteiger partial charge in [0.25, 0.3) is 5.92 Å². The normalized spacial score (nSPS) is 19.1. The van der Waals surface area contributed by atoms with Gasteiger partial charge in [0.1, 0.15) is 5.41 Å². The fraction of sp³-hybridized carbons (Fsp3) is 1.00. The van der Waals surface area contributed by atoms with E-state index in [9.17, 15) is 13.2 Å². The van der Waals surface area contributed by atoms with Crippen molar-refractivity contribution in [2.24, 2.45) is 21.7 Å². The molecule has 0 spiro atoms. The fourth-order valence-corrected chi connectivity index (χ4v) is 4.02. The molecule has 0 aromatic carbocycles. The summed E-state index contributed by atoms with van der Waals surface area (Å²) in [7, 11) is 0. The molecule has 0 amide bonds. The molecule has 0 heterocycles. The second kappa shape index (κ2) is 12.0. The second-order valence-corrected chi connectivity index (χ2v) is 12.1. The van der Waals surface area contributed by atoms with Crippen molar-refractivity contribution in [1.29, 1.82) is 0 Å². The van der Waals surface area contributed by atoms with E-state index < -0.39 is 41.4 Å². The smallest absolute Gasteiger partial charge is 0.380 e. The molecule has 0 fully saturated rings. The molecule has 0 N–H and O–H groups in total. The summed E-state index contributed by atoms with van der Waals surface area (Å²) in [4.78, 5) is 0. The molecule has 0 bridgehead atoms. The van der Waals surface area contributed by atoms with Gasteiger partial charge in [0.2, 0.25) is 0 Å². The lowest BCUT2D eigenvalue weighted by molar-refractivity contribution is -0.329. The molecule has 3 atom stereocenters. The molecule has 0 aliphatic carbocycles. The molecule has 0 aromatic rings. The monoisotopic (exact) mass is 490 g/mol. The number of hydrogen-bond acceptors (Lipinski definition) is 2. The third kappa shape index (κ3) is 9.62. The number of rotatable bonds is 11. The molecule has 33 heavy (non-hydrogen) atoms. The first kappa shape index (κ1) is 34.7. The van der Waals surface area contributed by atoms with E-state index in [-0.39, 0.29) is 24.0 Å². The highest BCUT2D eigenvalue weighted by Crippen LogP contribution is 2.59. The number of hydrogen-bond donors (Lipinski definition) is 0. The van der Waals surface area contributed by atoms with Crippen LogP contribution < -0.4 is 0 Å². The lowest BCUT2D eigenvalue weighted by atomic mass is 9.66. The van der Waals surface area contributed by atoms with Gasteiger partial charge in [-0.05, 0) is 52.4 Å². The Hall–Kier alpha value is -0.430. The van der Waals surface area contributed by atoms with E-state index in [1.807, 2.05) is 41.5 Å². The van der Waals surface area contributed by atoms with Gasteiger partial charge in [-0.2, -0.15) is 13.2 Å². The molecule has 3 unspecified atom stereocenters. The predicted octanol–water partition coefficient (Wildman–Crippen LogP) is 9.32. The molecular formula is C26H51F5O2. The average Bonchev–Trinajstić information content (AvgIpc) is 2.64. The standard InChI is InChI=1S/C24H45F5O2.C2H6/c1-12-21(10,23(25,26)22(11,13-2)24(27,28)29)17-30-15-20(9,14-18(3,4)5)16-31-19(6,7)8;1-2/h12-17H2,1-11H3;1-2H3. The number of halogens is 5. The van der Waals surface area contributed by atoms with Gasteiger partial charge in [-0.1, -0.05) is 62.3 Å². The Labute approximate surface area is 200 Å². The largest absolute Gasteiger partial charge is 0.399 e. The van der Waals surface area contributed by atoms with Gasteiger partial charge in [-0.25, -0.2) is 8.78 Å². The van der Waals surface area contributed by atoms with Crippen molar-refractivity contribution in [2.75, 3.05) is 19.8 Å². The summed E-state index contributed by atoms with van der Waals surface area (Å²) in [6.07, 6.45) is -5.16. The van der Waals surface area contributed by atoms with Crippen LogP contribution in [0.5, 0.6) is 0 Å². The third-order valence-electron chi connectivity index (χ3n) is 6.25. The third-order valence-corrected chi connectivity index (χ3v) is 6.25. The topological polar surface area (TPSA) is 18.5 Å². The second-order valence-electron chi connectivity index (χ2n) is 12.1. The Morgan fingerprint density at radius 3 is 1.39 bits per heavy atom. The fourth-order valence-electron chi connectivity index (χ4n) is 4.02. The summed E-state index contributed by atoms with van der Waals surface area (Å²) in [6.45, 7) is 22.5. The highest BCUT2D eigenvalue weighted by atomic mass is 19.4. The summed E-state index contributed by atoms with van der Waals surface area (Å²) < 4.78 is 83.4. The van der Waals surface area contributed by atoms with Gasteiger partial charge in [0.05, 0.1) is 30.8 Å². The van der Waals surface area contributed by atoms with E-state index in [0.717, 1.165) is 6.92 Å². The summed E-state index contributed by atoms with van der Waals surface area (Å²) in [5, 5.41) is 0. The highest BCUT2D eigenvalue weighted by molar-refractivity contribution is 5.03. The van der Waals surface area contributed by atoms with Crippen LogP contribution in [0, 0.1) is 21.7 Å². The van der Waals surface area contributed by atoms with Crippen LogP contribution >= 0.6 is 0 Å². The highest BCUT2D eigenvalue weighted by Gasteiger charge is 2.70. The van der Waals surface area contributed by atoms with Gasteiger partial charge in [0, 0.05) is 5.41 Å². The average molecular weight is 491 g/mol. The van der Waals surface area contributed by atoms with Crippen molar-refractivity contribution in [3.8, 4) is 0 Å². The Morgan fingerprint density at radius 1 is 0.636 bits per heavy atom. The van der Waals surface area contributed by atoms with Crippen molar-refractivity contribution < 1.29 is 31.4 Å². The molecule has 7 heteroatoms. The number of alkyl halides is 5. The molecular weight excluding hydrogens is 439 g/mol. The van der Waals surface area contributed by atoms with E-state index in [1.54, 1.807) is 0 Å². The van der Waals surface area contributed by atoms with E-state index in [4.69, 9.17) is 9.47 Å². The van der Waals surface area contributed by atoms with Gasteiger partial charge in [0.15, 0.2) is 0 Å². The van der Waals surface area contributed by atoms with Crippen LogP contribution in [-0.4, -0.2) is 37.5 Å². The maximum Gasteiger partial charge on any atom is 0.399 e. The van der Waals surface area contributed by atoms with Crippen LogP contribution in [0.1, 0.15) is 109 Å². The summed E-state index contributed by atoms with van der Waals surface area (Å²) in [5.41, 5.74) is -5.99. The van der Waals surface area contributed by atoms with Crippen LogP contribution in [0.2, 0.25) is 0 Å². The van der Waals surface area contributed by atoms with E-state index >= 15 is 8.78 Å². The van der Waals surface area contributed by atoms with E-state index in [0.29, 0.717) is 20.0 Å². The summed E-state index contributed by atoms with van der Waals surface area (Å²) in [5.74, 6) is -4.00. The van der Waals surface area contributed by atoms with E-state index in [2.05, 4.69) is 20.8 Å². The molecule has 0 saturated carbocycles. The Kier molecular flexibility index (Phi) is 12.6. The van der Waals surface area contributed by atoms with Crippen LogP contribution in [-0.2, 0) is 9.47 Å². The lowest BCUT2D eigenvalue weighted by Crippen LogP contribution is -2.59. The van der Waals surface area contributed by atoms with Gasteiger partial charge in [-0.3, -0.25) is 0 Å². The Balaban J connectivity index is 0. The number of ether oxygens (including phenoxy) is 2. The summed E-state index contributed by atoms with van der Waals surface area (Å²) >= 11 is 0. The Morgan fingerprint density at radius 2 is 1.09 bits per heavy atom. The SMILES string of the molecule is CC.CCC(C)(COCC(C)(COC(C)(C)C)CC(C)(C)C)C(F)(F)C(C)(CC)C(F)(F)F. The van der Waals surface area contributed by atoms with Gasteiger partial charge in [-0.15, -0.1) is 0 Å². The Bertz CT molecular complexity index is 563. The molecule has 0 aromatic heterocycles. The van der Waals surface area contributed by atoms with Crippen molar-refractivity contribution in [3.05, 3.63) is 0 Å². The molecule has 0 rings (SSSR count). The molecule has 0 radical (unpaired) electrons. The van der Waals surface area contributed by atoms with Crippen molar-refractivity contribution >= 4 is 0 Å². The lowest BCUT2D eigenvalue weighted by Gasteiger charge is -2.48. The van der Waals surface area contributed by atoms with Crippen LogP contribution in [0.15, 0.2) is 0 Å². The first-order valence-corrected chi connectivity index (χ1v) is 12.2. The zero-order valence-electron chi connectivity index (χ0n) is 23.4. The van der Waals surface area contributed by atoms with E-state index in [1.165, 1.54) is 13.8 Å². The van der Waals surface area contributed by atoms with Gasteiger partial charge >= 0.3 is 6.18 Å². The zero-order valence-corrected chi connectivity index (χ0v) is 23.4. The van der Waals surface area contributed by atoms with Gasteiger partial charge < -0.3 is 9.47 Å². The first-order chi connectivity index (χ1) is 14.5. The van der Waals surface area contributed by atoms with Crippen LogP contribution in [0.4, 0.5) is 22.0 Å². The molecule has 2 nitrogen and oxygen atoms in total. The van der Waals surface area contributed by atoms with Crippen LogP contribution in [0.25, 0.3) is 0 Å².